The third-order valence-electron chi connectivity index (χ3n) is 5.26. The molecule has 1 aromatic carbocycles. The minimum absolute atomic E-state index is 0.0585. The van der Waals surface area contributed by atoms with E-state index in [4.69, 9.17) is 23.2 Å². The van der Waals surface area contributed by atoms with Gasteiger partial charge in [-0.1, -0.05) is 37.0 Å². The largest absolute Gasteiger partial charge is 0.338 e. The number of piperazine rings is 1. The third-order valence-corrected chi connectivity index (χ3v) is 5.83. The zero-order chi connectivity index (χ0) is 19.6. The van der Waals surface area contributed by atoms with Crippen molar-refractivity contribution in [3.8, 4) is 0 Å². The van der Waals surface area contributed by atoms with Crippen LogP contribution in [0.4, 0.5) is 0 Å². The smallest absolute Gasteiger partial charge is 0.256 e. The highest BCUT2D eigenvalue weighted by Crippen LogP contribution is 2.27. The number of carbonyl (C=O) groups excluding carboxylic acids is 2. The summed E-state index contributed by atoms with van der Waals surface area (Å²) in [5.41, 5.74) is 0.366. The van der Waals surface area contributed by atoms with Gasteiger partial charge in [0.1, 0.15) is 6.04 Å². The van der Waals surface area contributed by atoms with Gasteiger partial charge in [0.2, 0.25) is 5.91 Å². The van der Waals surface area contributed by atoms with Crippen molar-refractivity contribution in [2.75, 3.05) is 39.3 Å². The number of amides is 2. The first-order valence-corrected chi connectivity index (χ1v) is 10.4. The molecule has 1 unspecified atom stereocenters. The average molecular weight is 412 g/mol. The van der Waals surface area contributed by atoms with E-state index >= 15 is 0 Å². The van der Waals surface area contributed by atoms with E-state index in [-0.39, 0.29) is 11.8 Å². The molecule has 2 heterocycles. The van der Waals surface area contributed by atoms with E-state index < -0.39 is 6.04 Å². The molecule has 7 heteroatoms. The molecule has 3 rings (SSSR count). The van der Waals surface area contributed by atoms with Gasteiger partial charge < -0.3 is 9.80 Å². The maximum atomic E-state index is 13.1. The summed E-state index contributed by atoms with van der Waals surface area (Å²) >= 11 is 12.2. The Bertz CT molecular complexity index is 702. The zero-order valence-corrected chi connectivity index (χ0v) is 17.5. The number of benzene rings is 1. The molecule has 0 N–H and O–H groups in total. The molecule has 27 heavy (non-hydrogen) atoms. The molecule has 0 spiro atoms. The van der Waals surface area contributed by atoms with Crippen molar-refractivity contribution in [3.63, 3.8) is 0 Å². The second-order valence-electron chi connectivity index (χ2n) is 7.80. The molecule has 148 valence electrons. The summed E-state index contributed by atoms with van der Waals surface area (Å²) in [6.07, 6.45) is 1.53. The first kappa shape index (κ1) is 20.4. The SMILES string of the molecule is CC(C)CN1CCN(C(=O)C2CCCN2C(=O)c2cc(Cl)ccc2Cl)CC1. The van der Waals surface area contributed by atoms with Gasteiger partial charge >= 0.3 is 0 Å². The Morgan fingerprint density at radius 1 is 1.11 bits per heavy atom. The van der Waals surface area contributed by atoms with Crippen LogP contribution < -0.4 is 0 Å². The van der Waals surface area contributed by atoms with Gasteiger partial charge in [-0.15, -0.1) is 0 Å². The minimum atomic E-state index is -0.399. The molecule has 5 nitrogen and oxygen atoms in total. The van der Waals surface area contributed by atoms with Crippen molar-refractivity contribution in [3.05, 3.63) is 33.8 Å². The van der Waals surface area contributed by atoms with Crippen molar-refractivity contribution in [1.29, 1.82) is 0 Å². The quantitative estimate of drug-likeness (QED) is 0.762. The van der Waals surface area contributed by atoms with Crippen LogP contribution in [-0.2, 0) is 4.79 Å². The molecule has 2 saturated heterocycles. The Balaban J connectivity index is 1.66. The van der Waals surface area contributed by atoms with E-state index in [0.717, 1.165) is 39.1 Å². The summed E-state index contributed by atoms with van der Waals surface area (Å²) in [4.78, 5) is 32.1. The Kier molecular flexibility index (Phi) is 6.66. The molecule has 1 aromatic rings. The fourth-order valence-electron chi connectivity index (χ4n) is 3.96. The van der Waals surface area contributed by atoms with Crippen molar-refractivity contribution >= 4 is 35.0 Å². The summed E-state index contributed by atoms with van der Waals surface area (Å²) in [6.45, 7) is 9.29. The summed E-state index contributed by atoms with van der Waals surface area (Å²) < 4.78 is 0. The molecule has 2 amide bonds. The van der Waals surface area contributed by atoms with Crippen LogP contribution in [0, 0.1) is 5.92 Å². The molecule has 2 fully saturated rings. The van der Waals surface area contributed by atoms with Gasteiger partial charge in [0.15, 0.2) is 0 Å². The van der Waals surface area contributed by atoms with Gasteiger partial charge in [-0.2, -0.15) is 0 Å². The van der Waals surface area contributed by atoms with Crippen LogP contribution in [0.2, 0.25) is 10.0 Å². The molecular weight excluding hydrogens is 385 g/mol. The Morgan fingerprint density at radius 2 is 1.81 bits per heavy atom. The number of carbonyl (C=O) groups is 2. The molecule has 0 bridgehead atoms. The topological polar surface area (TPSA) is 43.9 Å². The number of hydrogen-bond donors (Lipinski definition) is 0. The summed E-state index contributed by atoms with van der Waals surface area (Å²) in [6, 6.07) is 4.46. The molecule has 0 aromatic heterocycles. The molecule has 2 aliphatic rings. The predicted octanol–water partition coefficient (Wildman–Crippen LogP) is 3.40. The standard InChI is InChI=1S/C20H27Cl2N3O2/c1-14(2)13-23-8-10-24(11-9-23)20(27)18-4-3-7-25(18)19(26)16-12-15(21)5-6-17(16)22/h5-6,12,14,18H,3-4,7-11,13H2,1-2H3. The second-order valence-corrected chi connectivity index (χ2v) is 8.64. The van der Waals surface area contributed by atoms with Gasteiger partial charge in [-0.3, -0.25) is 14.5 Å². The van der Waals surface area contributed by atoms with Gasteiger partial charge in [-0.05, 0) is 37.0 Å². The maximum Gasteiger partial charge on any atom is 0.256 e. The van der Waals surface area contributed by atoms with Crippen LogP contribution >= 0.6 is 23.2 Å². The Morgan fingerprint density at radius 3 is 2.48 bits per heavy atom. The second kappa shape index (κ2) is 8.80. The highest BCUT2D eigenvalue weighted by molar-refractivity contribution is 6.35. The predicted molar refractivity (Wildman–Crippen MR) is 108 cm³/mol. The lowest BCUT2D eigenvalue weighted by Gasteiger charge is -2.38. The summed E-state index contributed by atoms with van der Waals surface area (Å²) in [5.74, 6) is 0.470. The van der Waals surface area contributed by atoms with Crippen LogP contribution in [0.25, 0.3) is 0 Å². The van der Waals surface area contributed by atoms with Crippen LogP contribution in [0.1, 0.15) is 37.0 Å². The zero-order valence-electron chi connectivity index (χ0n) is 16.0. The van der Waals surface area contributed by atoms with Crippen molar-refractivity contribution in [1.82, 2.24) is 14.7 Å². The highest BCUT2D eigenvalue weighted by Gasteiger charge is 2.38. The summed E-state index contributed by atoms with van der Waals surface area (Å²) in [5, 5.41) is 0.830. The number of likely N-dealkylation sites (tertiary alicyclic amines) is 1. The van der Waals surface area contributed by atoms with E-state index in [1.807, 2.05) is 4.90 Å². The third kappa shape index (κ3) is 4.76. The van der Waals surface area contributed by atoms with Crippen LogP contribution in [0.3, 0.4) is 0 Å². The van der Waals surface area contributed by atoms with Gasteiger partial charge in [-0.25, -0.2) is 0 Å². The minimum Gasteiger partial charge on any atom is -0.338 e. The van der Waals surface area contributed by atoms with Gasteiger partial charge in [0, 0.05) is 44.3 Å². The number of hydrogen-bond acceptors (Lipinski definition) is 3. The van der Waals surface area contributed by atoms with Crippen molar-refractivity contribution in [2.45, 2.75) is 32.7 Å². The van der Waals surface area contributed by atoms with Crippen molar-refractivity contribution in [2.24, 2.45) is 5.92 Å². The highest BCUT2D eigenvalue weighted by atomic mass is 35.5. The molecule has 1 atom stereocenters. The lowest BCUT2D eigenvalue weighted by atomic mass is 10.1. The average Bonchev–Trinajstić information content (AvgIpc) is 3.12. The number of halogens is 2. The maximum absolute atomic E-state index is 13.1. The van der Waals surface area contributed by atoms with Crippen LogP contribution in [0.5, 0.6) is 0 Å². The van der Waals surface area contributed by atoms with Crippen LogP contribution in [-0.4, -0.2) is 71.8 Å². The number of rotatable bonds is 4. The fraction of sp³-hybridized carbons (Fsp3) is 0.600. The molecule has 0 aliphatic carbocycles. The van der Waals surface area contributed by atoms with Crippen molar-refractivity contribution < 1.29 is 9.59 Å². The monoisotopic (exact) mass is 411 g/mol. The Hall–Kier alpha value is -1.30. The molecule has 0 radical (unpaired) electrons. The van der Waals surface area contributed by atoms with E-state index in [1.54, 1.807) is 23.1 Å². The van der Waals surface area contributed by atoms with Crippen LogP contribution in [0.15, 0.2) is 18.2 Å². The van der Waals surface area contributed by atoms with Gasteiger partial charge in [0.25, 0.3) is 5.91 Å². The van der Waals surface area contributed by atoms with E-state index in [1.165, 1.54) is 0 Å². The molecule has 2 aliphatic heterocycles. The molecular formula is C20H27Cl2N3O2. The normalized spacial score (nSPS) is 21.1. The van der Waals surface area contributed by atoms with E-state index in [0.29, 0.717) is 34.5 Å². The fourth-order valence-corrected chi connectivity index (χ4v) is 4.33. The first-order valence-electron chi connectivity index (χ1n) is 9.64. The lowest BCUT2D eigenvalue weighted by Crippen LogP contribution is -2.54. The lowest BCUT2D eigenvalue weighted by molar-refractivity contribution is -0.137. The van der Waals surface area contributed by atoms with Gasteiger partial charge in [0.05, 0.1) is 10.6 Å². The number of nitrogens with zero attached hydrogens (tertiary/aromatic N) is 3. The Labute approximate surface area is 171 Å². The van der Waals surface area contributed by atoms with E-state index in [9.17, 15) is 9.59 Å². The summed E-state index contributed by atoms with van der Waals surface area (Å²) in [7, 11) is 0. The molecule has 0 saturated carbocycles. The first-order chi connectivity index (χ1) is 12.9. The van der Waals surface area contributed by atoms with E-state index in [2.05, 4.69) is 18.7 Å².